The van der Waals surface area contributed by atoms with E-state index in [1.54, 1.807) is 6.92 Å². The van der Waals surface area contributed by atoms with E-state index in [1.807, 2.05) is 0 Å². The second-order valence-electron chi connectivity index (χ2n) is 3.51. The third kappa shape index (κ3) is 3.05. The van der Waals surface area contributed by atoms with Gasteiger partial charge in [0, 0.05) is 5.56 Å². The number of hydrogen-bond donors (Lipinski definition) is 3. The maximum absolute atomic E-state index is 11.3. The summed E-state index contributed by atoms with van der Waals surface area (Å²) in [6, 6.07) is 2.81. The van der Waals surface area contributed by atoms with Crippen molar-refractivity contribution in [3.63, 3.8) is 0 Å². The molecular weight excluding hydrogens is 281 g/mol. The Morgan fingerprint density at radius 2 is 2.00 bits per heavy atom. The Hall–Kier alpha value is -1.01. The van der Waals surface area contributed by atoms with Crippen molar-refractivity contribution in [2.75, 3.05) is 12.3 Å². The van der Waals surface area contributed by atoms with Crippen molar-refractivity contribution >= 4 is 34.9 Å². The maximum atomic E-state index is 11.3. The van der Waals surface area contributed by atoms with Crippen molar-refractivity contribution in [3.8, 4) is 0 Å². The number of rotatable bonds is 4. The summed E-state index contributed by atoms with van der Waals surface area (Å²) in [6.45, 7) is 1.68. The number of carbonyl (C=O) groups is 1. The maximum Gasteiger partial charge on any atom is 0.338 e. The van der Waals surface area contributed by atoms with Crippen LogP contribution in [0.25, 0.3) is 0 Å². The number of esters is 1. The van der Waals surface area contributed by atoms with Crippen LogP contribution in [0.2, 0.25) is 10.0 Å². The second kappa shape index (κ2) is 6.24. The number of anilines is 1. The lowest BCUT2D eigenvalue weighted by Gasteiger charge is -2.18. The lowest BCUT2D eigenvalue weighted by Crippen LogP contribution is -2.30. The first-order valence-corrected chi connectivity index (χ1v) is 5.91. The van der Waals surface area contributed by atoms with Crippen molar-refractivity contribution in [2.45, 2.75) is 19.1 Å². The number of hydrogen-bond acceptors (Lipinski definition) is 5. The molecule has 0 aliphatic heterocycles. The van der Waals surface area contributed by atoms with Crippen LogP contribution in [0.5, 0.6) is 0 Å². The summed E-state index contributed by atoms with van der Waals surface area (Å²) < 4.78 is 4.59. The van der Waals surface area contributed by atoms with E-state index in [9.17, 15) is 15.0 Å². The van der Waals surface area contributed by atoms with Crippen LogP contribution in [0.4, 0.5) is 5.69 Å². The molecule has 0 fully saturated rings. The summed E-state index contributed by atoms with van der Waals surface area (Å²) in [5.74, 6) is -0.936. The van der Waals surface area contributed by atoms with E-state index in [-0.39, 0.29) is 27.9 Å². The SMILES string of the molecule is CCOC(=O)C(O)C(O)c1ccc(N)c(Cl)c1Cl. The topological polar surface area (TPSA) is 92.8 Å². The number of ether oxygens (including phenoxy) is 1. The molecular formula is C11H13Cl2NO4. The van der Waals surface area contributed by atoms with E-state index in [4.69, 9.17) is 28.9 Å². The molecule has 1 rings (SSSR count). The van der Waals surface area contributed by atoms with E-state index in [1.165, 1.54) is 12.1 Å². The summed E-state index contributed by atoms with van der Waals surface area (Å²) in [6.07, 6.45) is -3.27. The molecule has 4 N–H and O–H groups in total. The number of benzene rings is 1. The Bertz CT molecular complexity index is 453. The average molecular weight is 294 g/mol. The molecule has 1 aromatic carbocycles. The van der Waals surface area contributed by atoms with Gasteiger partial charge in [-0.2, -0.15) is 0 Å². The fraction of sp³-hybridized carbons (Fsp3) is 0.364. The van der Waals surface area contributed by atoms with Crippen LogP contribution in [-0.2, 0) is 9.53 Å². The highest BCUT2D eigenvalue weighted by atomic mass is 35.5. The number of aliphatic hydroxyl groups excluding tert-OH is 2. The van der Waals surface area contributed by atoms with Crippen molar-refractivity contribution < 1.29 is 19.7 Å². The molecule has 0 radical (unpaired) electrons. The van der Waals surface area contributed by atoms with E-state index in [0.29, 0.717) is 0 Å². The Labute approximate surface area is 114 Å². The zero-order valence-corrected chi connectivity index (χ0v) is 11.1. The quantitative estimate of drug-likeness (QED) is 0.578. The van der Waals surface area contributed by atoms with Gasteiger partial charge in [-0.15, -0.1) is 0 Å². The average Bonchev–Trinajstić information content (AvgIpc) is 2.35. The molecule has 2 atom stereocenters. The molecule has 0 bridgehead atoms. The molecule has 5 nitrogen and oxygen atoms in total. The van der Waals surface area contributed by atoms with Gasteiger partial charge in [0.05, 0.1) is 22.3 Å². The molecule has 100 valence electrons. The van der Waals surface area contributed by atoms with Gasteiger partial charge in [-0.1, -0.05) is 29.3 Å². The smallest absolute Gasteiger partial charge is 0.338 e. The molecule has 7 heteroatoms. The lowest BCUT2D eigenvalue weighted by atomic mass is 10.0. The van der Waals surface area contributed by atoms with Crippen molar-refractivity contribution in [1.82, 2.24) is 0 Å². The van der Waals surface area contributed by atoms with Gasteiger partial charge in [-0.3, -0.25) is 0 Å². The minimum absolute atomic E-state index is 0.00693. The van der Waals surface area contributed by atoms with Crippen LogP contribution >= 0.6 is 23.2 Å². The molecule has 0 saturated heterocycles. The van der Waals surface area contributed by atoms with Crippen LogP contribution in [-0.4, -0.2) is 28.9 Å². The van der Waals surface area contributed by atoms with Gasteiger partial charge in [0.2, 0.25) is 0 Å². The number of nitrogens with two attached hydrogens (primary N) is 1. The van der Waals surface area contributed by atoms with Gasteiger partial charge < -0.3 is 20.7 Å². The largest absolute Gasteiger partial charge is 0.464 e. The Morgan fingerprint density at radius 1 is 1.39 bits per heavy atom. The number of nitrogen functional groups attached to an aromatic ring is 1. The van der Waals surface area contributed by atoms with Crippen molar-refractivity contribution in [3.05, 3.63) is 27.7 Å². The first-order valence-electron chi connectivity index (χ1n) is 5.16. The van der Waals surface area contributed by atoms with Gasteiger partial charge in [0.15, 0.2) is 6.10 Å². The van der Waals surface area contributed by atoms with E-state index in [0.717, 1.165) is 0 Å². The fourth-order valence-electron chi connectivity index (χ4n) is 1.33. The molecule has 0 amide bonds. The van der Waals surface area contributed by atoms with Crippen molar-refractivity contribution in [1.29, 1.82) is 0 Å². The van der Waals surface area contributed by atoms with Crippen molar-refractivity contribution in [2.24, 2.45) is 0 Å². The third-order valence-electron chi connectivity index (χ3n) is 2.29. The molecule has 0 aliphatic carbocycles. The highest BCUT2D eigenvalue weighted by molar-refractivity contribution is 6.44. The van der Waals surface area contributed by atoms with Gasteiger partial charge in [-0.05, 0) is 13.0 Å². The zero-order chi connectivity index (χ0) is 13.9. The molecule has 18 heavy (non-hydrogen) atoms. The van der Waals surface area contributed by atoms with E-state index < -0.39 is 18.2 Å². The van der Waals surface area contributed by atoms with Crippen LogP contribution < -0.4 is 5.73 Å². The zero-order valence-electron chi connectivity index (χ0n) is 9.56. The first kappa shape index (κ1) is 15.0. The summed E-state index contributed by atoms with van der Waals surface area (Å²) in [5, 5.41) is 19.5. The highest BCUT2D eigenvalue weighted by Crippen LogP contribution is 2.35. The molecule has 0 aromatic heterocycles. The van der Waals surface area contributed by atoms with Crippen LogP contribution in [0.1, 0.15) is 18.6 Å². The Kier molecular flexibility index (Phi) is 5.22. The van der Waals surface area contributed by atoms with Gasteiger partial charge in [0.25, 0.3) is 0 Å². The second-order valence-corrected chi connectivity index (χ2v) is 4.27. The van der Waals surface area contributed by atoms with E-state index in [2.05, 4.69) is 4.74 Å². The van der Waals surface area contributed by atoms with Crippen LogP contribution in [0.3, 0.4) is 0 Å². The third-order valence-corrected chi connectivity index (χ3v) is 3.20. The Morgan fingerprint density at radius 3 is 2.56 bits per heavy atom. The van der Waals surface area contributed by atoms with Gasteiger partial charge in [-0.25, -0.2) is 4.79 Å². The first-order chi connectivity index (χ1) is 8.40. The molecule has 0 heterocycles. The number of carbonyl (C=O) groups excluding carboxylic acids is 1. The highest BCUT2D eigenvalue weighted by Gasteiger charge is 2.29. The molecule has 1 aromatic rings. The molecule has 0 aliphatic rings. The monoisotopic (exact) mass is 293 g/mol. The molecule has 0 spiro atoms. The minimum atomic E-state index is -1.73. The summed E-state index contributed by atoms with van der Waals surface area (Å²) in [5.41, 5.74) is 5.87. The standard InChI is InChI=1S/C11H13Cl2NO4/c1-2-18-11(17)10(16)9(15)5-3-4-6(14)8(13)7(5)12/h3-4,9-10,15-16H,2,14H2,1H3. The summed E-state index contributed by atoms with van der Waals surface area (Å²) in [7, 11) is 0. The molecule has 2 unspecified atom stereocenters. The molecule has 0 saturated carbocycles. The number of halogens is 2. The normalized spacial score (nSPS) is 14.1. The van der Waals surface area contributed by atoms with E-state index >= 15 is 0 Å². The fourth-order valence-corrected chi connectivity index (χ4v) is 1.79. The summed E-state index contributed by atoms with van der Waals surface area (Å²) in [4.78, 5) is 11.3. The predicted octanol–water partition coefficient (Wildman–Crippen LogP) is 1.53. The predicted molar refractivity (Wildman–Crippen MR) is 68.5 cm³/mol. The van der Waals surface area contributed by atoms with Gasteiger partial charge in [0.1, 0.15) is 6.10 Å². The van der Waals surface area contributed by atoms with Crippen LogP contribution in [0, 0.1) is 0 Å². The lowest BCUT2D eigenvalue weighted by molar-refractivity contribution is -0.159. The number of aliphatic hydroxyl groups is 2. The summed E-state index contributed by atoms with van der Waals surface area (Å²) >= 11 is 11.7. The Balaban J connectivity index is 3.00. The van der Waals surface area contributed by atoms with Gasteiger partial charge >= 0.3 is 5.97 Å². The minimum Gasteiger partial charge on any atom is -0.464 e. The van der Waals surface area contributed by atoms with Crippen LogP contribution in [0.15, 0.2) is 12.1 Å².